The predicted molar refractivity (Wildman–Crippen MR) is 65.7 cm³/mol. The van der Waals surface area contributed by atoms with E-state index in [1.807, 2.05) is 0 Å². The largest absolute Gasteiger partial charge is 0.477 e. The summed E-state index contributed by atoms with van der Waals surface area (Å²) in [4.78, 5) is 43.8. The van der Waals surface area contributed by atoms with Crippen molar-refractivity contribution in [1.29, 1.82) is 0 Å². The molecule has 11 nitrogen and oxygen atoms in total. The number of aliphatic hydroxyl groups excluding tert-OH is 1. The van der Waals surface area contributed by atoms with E-state index in [0.717, 1.165) is 0 Å². The molecule has 11 heteroatoms. The molecule has 122 valence electrons. The lowest BCUT2D eigenvalue weighted by Crippen LogP contribution is -2.59. The first-order valence-electron chi connectivity index (χ1n) is 5.48. The highest BCUT2D eigenvalue weighted by molar-refractivity contribution is 5.76. The zero-order chi connectivity index (χ0) is 15.8. The summed E-state index contributed by atoms with van der Waals surface area (Å²) >= 11 is 0. The lowest BCUT2D eigenvalue weighted by molar-refractivity contribution is -0.900. The number of nitrogens with zero attached hydrogens (tertiary/aromatic N) is 1. The molecule has 0 amide bonds. The van der Waals surface area contributed by atoms with E-state index in [9.17, 15) is 19.2 Å². The fraction of sp³-hybridized carbons (Fsp3) is 0.600. The minimum atomic E-state index is -1.44. The van der Waals surface area contributed by atoms with Crippen molar-refractivity contribution in [3.05, 3.63) is 0 Å². The molecule has 0 rings (SSSR count). The van der Waals surface area contributed by atoms with Crippen LogP contribution in [0.25, 0.3) is 0 Å². The lowest BCUT2D eigenvalue weighted by atomic mass is 10.3. The summed E-state index contributed by atoms with van der Waals surface area (Å²) in [5.74, 6) is -5.31. The maximum absolute atomic E-state index is 11.4. The molecular formula is C10H19N2O9+. The quantitative estimate of drug-likeness (QED) is 0.217. The lowest BCUT2D eigenvalue weighted by Gasteiger charge is -2.32. The van der Waals surface area contributed by atoms with Gasteiger partial charge in [0.2, 0.25) is 0 Å². The van der Waals surface area contributed by atoms with E-state index in [2.05, 4.69) is 4.74 Å². The molecule has 0 saturated carbocycles. The normalized spacial score (nSPS) is 10.3. The number of carbonyl (C=O) groups excluding carboxylic acids is 1. The van der Waals surface area contributed by atoms with Crippen LogP contribution in [0.1, 0.15) is 0 Å². The Morgan fingerprint density at radius 1 is 0.810 bits per heavy atom. The number of hydrogen-bond acceptors (Lipinski definition) is 7. The van der Waals surface area contributed by atoms with Gasteiger partial charge in [-0.25, -0.2) is 19.2 Å². The third-order valence-electron chi connectivity index (χ3n) is 2.23. The number of rotatable bonds is 10. The molecule has 0 atom stereocenters. The Balaban J connectivity index is 0. The van der Waals surface area contributed by atoms with Crippen LogP contribution in [0.4, 0.5) is 0 Å². The summed E-state index contributed by atoms with van der Waals surface area (Å²) in [5.41, 5.74) is 0. The van der Waals surface area contributed by atoms with Crippen LogP contribution in [0, 0.1) is 0 Å². The fourth-order valence-corrected chi connectivity index (χ4v) is 1.68. The summed E-state index contributed by atoms with van der Waals surface area (Å²) in [6, 6.07) is 0. The molecule has 0 aliphatic rings. The van der Waals surface area contributed by atoms with Crippen LogP contribution in [-0.2, 0) is 23.9 Å². The molecular weight excluding hydrogens is 292 g/mol. The second kappa shape index (κ2) is 9.63. The minimum absolute atomic E-state index is 0. The number of carbonyl (C=O) groups is 4. The molecule has 0 fully saturated rings. The van der Waals surface area contributed by atoms with Gasteiger partial charge in [-0.1, -0.05) is 0 Å². The minimum Gasteiger partial charge on any atom is -0.477 e. The van der Waals surface area contributed by atoms with E-state index in [1.54, 1.807) is 0 Å². The Morgan fingerprint density at radius 2 is 1.19 bits per heavy atom. The van der Waals surface area contributed by atoms with Crippen molar-refractivity contribution in [1.82, 2.24) is 6.15 Å². The molecule has 0 heterocycles. The second-order valence-corrected chi connectivity index (χ2v) is 4.10. The third-order valence-corrected chi connectivity index (χ3v) is 2.23. The van der Waals surface area contributed by atoms with Crippen LogP contribution in [-0.4, -0.2) is 88.2 Å². The van der Waals surface area contributed by atoms with Gasteiger partial charge in [-0.05, 0) is 0 Å². The highest BCUT2D eigenvalue weighted by atomic mass is 16.5. The predicted octanol–water partition coefficient (Wildman–Crippen LogP) is -2.25. The molecule has 0 unspecified atom stereocenters. The summed E-state index contributed by atoms with van der Waals surface area (Å²) in [6.07, 6.45) is 0. The van der Waals surface area contributed by atoms with Crippen molar-refractivity contribution < 1.29 is 48.8 Å². The maximum atomic E-state index is 11.4. The Kier molecular flexibility index (Phi) is 9.66. The van der Waals surface area contributed by atoms with Gasteiger partial charge >= 0.3 is 23.9 Å². The molecule has 0 radical (unpaired) electrons. The van der Waals surface area contributed by atoms with Crippen LogP contribution in [0.3, 0.4) is 0 Å². The average molecular weight is 311 g/mol. The zero-order valence-corrected chi connectivity index (χ0v) is 11.2. The van der Waals surface area contributed by atoms with Crippen LogP contribution >= 0.6 is 0 Å². The molecule has 0 aliphatic carbocycles. The van der Waals surface area contributed by atoms with Gasteiger partial charge in [0.15, 0.2) is 26.2 Å². The first-order chi connectivity index (χ1) is 9.20. The molecule has 0 aromatic heterocycles. The topological polar surface area (TPSA) is 193 Å². The first kappa shape index (κ1) is 21.1. The molecule has 0 aromatic rings. The Morgan fingerprint density at radius 3 is 1.48 bits per heavy atom. The summed E-state index contributed by atoms with van der Waals surface area (Å²) < 4.78 is 3.50. The number of quaternary nitrogens is 1. The summed E-state index contributed by atoms with van der Waals surface area (Å²) in [5, 5.41) is 34.8. The van der Waals surface area contributed by atoms with E-state index in [4.69, 9.17) is 20.4 Å². The molecule has 21 heavy (non-hydrogen) atoms. The fourth-order valence-electron chi connectivity index (χ4n) is 1.68. The number of ether oxygens (including phenoxy) is 1. The number of aliphatic carboxylic acids is 3. The average Bonchev–Trinajstić information content (AvgIpc) is 2.22. The van der Waals surface area contributed by atoms with Gasteiger partial charge in [0.25, 0.3) is 0 Å². The van der Waals surface area contributed by atoms with Gasteiger partial charge in [-0.2, -0.15) is 0 Å². The Labute approximate surface area is 119 Å². The zero-order valence-electron chi connectivity index (χ0n) is 11.2. The van der Waals surface area contributed by atoms with Crippen molar-refractivity contribution in [2.75, 3.05) is 39.4 Å². The van der Waals surface area contributed by atoms with Crippen molar-refractivity contribution in [2.24, 2.45) is 0 Å². The number of esters is 1. The number of carboxylic acid groups (broad SMARTS) is 3. The summed E-state index contributed by atoms with van der Waals surface area (Å²) in [6.45, 7) is -4.09. The van der Waals surface area contributed by atoms with Crippen molar-refractivity contribution in [2.45, 2.75) is 0 Å². The highest BCUT2D eigenvalue weighted by Crippen LogP contribution is 2.08. The van der Waals surface area contributed by atoms with Crippen LogP contribution < -0.4 is 6.15 Å². The maximum Gasteiger partial charge on any atom is 0.361 e. The van der Waals surface area contributed by atoms with E-state index in [1.165, 1.54) is 0 Å². The third kappa shape index (κ3) is 9.32. The van der Waals surface area contributed by atoms with Gasteiger partial charge in [0.1, 0.15) is 6.61 Å². The Hall–Kier alpha value is -2.24. The van der Waals surface area contributed by atoms with E-state index in [0.29, 0.717) is 0 Å². The van der Waals surface area contributed by atoms with Crippen LogP contribution in [0.15, 0.2) is 0 Å². The Bertz CT molecular complexity index is 355. The van der Waals surface area contributed by atoms with Crippen molar-refractivity contribution >= 4 is 23.9 Å². The van der Waals surface area contributed by atoms with Gasteiger partial charge in [-0.3, -0.25) is 4.48 Å². The second-order valence-electron chi connectivity index (χ2n) is 4.10. The molecule has 0 saturated heterocycles. The smallest absolute Gasteiger partial charge is 0.361 e. The van der Waals surface area contributed by atoms with Crippen LogP contribution in [0.5, 0.6) is 0 Å². The first-order valence-corrected chi connectivity index (χ1v) is 5.48. The van der Waals surface area contributed by atoms with Gasteiger partial charge in [0.05, 0.1) is 6.61 Å². The molecule has 0 spiro atoms. The van der Waals surface area contributed by atoms with Gasteiger partial charge < -0.3 is 31.3 Å². The van der Waals surface area contributed by atoms with E-state index >= 15 is 0 Å². The van der Waals surface area contributed by atoms with Crippen LogP contribution in [0.2, 0.25) is 0 Å². The molecule has 7 N–H and O–H groups in total. The summed E-state index contributed by atoms with van der Waals surface area (Å²) in [7, 11) is 0. The highest BCUT2D eigenvalue weighted by Gasteiger charge is 2.38. The number of hydrogen-bond donors (Lipinski definition) is 5. The van der Waals surface area contributed by atoms with Crippen molar-refractivity contribution in [3.8, 4) is 0 Å². The number of carboxylic acids is 3. The molecule has 0 aliphatic heterocycles. The van der Waals surface area contributed by atoms with E-state index in [-0.39, 0.29) is 12.8 Å². The van der Waals surface area contributed by atoms with Crippen molar-refractivity contribution in [3.63, 3.8) is 0 Å². The SMILES string of the molecule is N.O=C(O)C[N+](CC(=O)O)(CC(=O)O)CC(=O)OCCO. The molecule has 0 aromatic carbocycles. The molecule has 0 bridgehead atoms. The van der Waals surface area contributed by atoms with E-state index < -0.39 is 61.1 Å². The standard InChI is InChI=1S/C10H15NO9.H3N/c12-1-2-20-10(19)6-11(3-7(13)14,4-8(15)16)5-9(17)18;/h12H,1-6H2,(H2-,13,14,15,16,17,18);1H3/p+1. The van der Waals surface area contributed by atoms with Gasteiger partial charge in [-0.15, -0.1) is 0 Å². The monoisotopic (exact) mass is 311 g/mol. The van der Waals surface area contributed by atoms with Gasteiger partial charge in [0, 0.05) is 0 Å². The number of aliphatic hydroxyl groups is 1.